The topological polar surface area (TPSA) is 170 Å². The third-order valence-corrected chi connectivity index (χ3v) is 7.84. The predicted octanol–water partition coefficient (Wildman–Crippen LogP) is 4.97. The minimum atomic E-state index is -1.40. The highest BCUT2D eigenvalue weighted by Crippen LogP contribution is 2.41. The van der Waals surface area contributed by atoms with Crippen LogP contribution in [0.25, 0.3) is 0 Å². The quantitative estimate of drug-likeness (QED) is 0.108. The number of hydrogen-bond donors (Lipinski definition) is 1. The molecule has 0 bridgehead atoms. The van der Waals surface area contributed by atoms with Crippen molar-refractivity contribution in [3.05, 3.63) is 137 Å². The normalized spacial score (nSPS) is 18.1. The molecule has 1 aliphatic heterocycles. The molecular weight excluding hydrogens is 648 g/mol. The van der Waals surface area contributed by atoms with Crippen molar-refractivity contribution in [3.63, 3.8) is 0 Å². The van der Waals surface area contributed by atoms with E-state index in [1.165, 1.54) is 16.8 Å². The van der Waals surface area contributed by atoms with Crippen molar-refractivity contribution in [2.75, 3.05) is 6.61 Å². The number of aliphatic carboxylic acids is 1. The van der Waals surface area contributed by atoms with Crippen molar-refractivity contribution in [2.24, 2.45) is 0 Å². The van der Waals surface area contributed by atoms with Crippen LogP contribution in [0.4, 0.5) is 0 Å². The van der Waals surface area contributed by atoms with Gasteiger partial charge >= 0.3 is 29.8 Å². The summed E-state index contributed by atoms with van der Waals surface area (Å²) in [6, 6.07) is 24.4. The molecule has 0 spiro atoms. The smallest absolute Gasteiger partial charge is 0.363 e. The van der Waals surface area contributed by atoms with E-state index in [0.29, 0.717) is 0 Å². The van der Waals surface area contributed by atoms with Crippen LogP contribution in [0.2, 0.25) is 0 Å². The van der Waals surface area contributed by atoms with E-state index < -0.39 is 67.3 Å². The molecule has 1 aliphatic rings. The molecule has 1 saturated heterocycles. The number of aromatic nitrogens is 2. The highest BCUT2D eigenvalue weighted by molar-refractivity contribution is 5.91. The number of ether oxygens (including phenoxy) is 5. The average Bonchev–Trinajstić information content (AvgIpc) is 3.67. The number of benzene rings is 3. The van der Waals surface area contributed by atoms with Gasteiger partial charge in [0.25, 0.3) is 0 Å². The third-order valence-electron chi connectivity index (χ3n) is 7.84. The SMILES string of the molecule is C=COC(=O)c1nn(CC)c([C@@H]2O[C@H](COC(=O)c3ccccc3)[C@@H](OC(=O)c3ccccc3)[C@H]2OC(=O)c2ccccc2)c1CCC(=O)O. The Labute approximate surface area is 287 Å². The summed E-state index contributed by atoms with van der Waals surface area (Å²) in [4.78, 5) is 64.8. The van der Waals surface area contributed by atoms with Crippen LogP contribution in [0, 0.1) is 0 Å². The molecule has 0 aliphatic carbocycles. The largest absolute Gasteiger partial charge is 0.481 e. The Hall–Kier alpha value is -6.08. The highest BCUT2D eigenvalue weighted by Gasteiger charge is 2.53. The zero-order chi connectivity index (χ0) is 35.6. The number of nitrogens with zero attached hydrogens (tertiary/aromatic N) is 2. The summed E-state index contributed by atoms with van der Waals surface area (Å²) in [6.45, 7) is 4.87. The first kappa shape index (κ1) is 35.2. The Kier molecular flexibility index (Phi) is 11.5. The van der Waals surface area contributed by atoms with Gasteiger partial charge in [-0.2, -0.15) is 5.10 Å². The number of aryl methyl sites for hydroxylation is 1. The van der Waals surface area contributed by atoms with Gasteiger partial charge < -0.3 is 28.8 Å². The van der Waals surface area contributed by atoms with E-state index in [9.17, 15) is 29.1 Å². The Morgan fingerprint density at radius 3 is 1.82 bits per heavy atom. The minimum Gasteiger partial charge on any atom is -0.481 e. The number of hydrogen-bond acceptors (Lipinski definition) is 11. The first-order valence-corrected chi connectivity index (χ1v) is 15.7. The molecule has 3 aromatic carbocycles. The van der Waals surface area contributed by atoms with Gasteiger partial charge in [-0.25, -0.2) is 19.2 Å². The molecule has 50 heavy (non-hydrogen) atoms. The number of carbonyl (C=O) groups excluding carboxylic acids is 4. The second-order valence-electron chi connectivity index (χ2n) is 11.0. The predicted molar refractivity (Wildman–Crippen MR) is 175 cm³/mol. The molecule has 1 aromatic heterocycles. The second kappa shape index (κ2) is 16.3. The molecule has 258 valence electrons. The van der Waals surface area contributed by atoms with Crippen LogP contribution in [0.3, 0.4) is 0 Å². The summed E-state index contributed by atoms with van der Waals surface area (Å²) in [5.74, 6) is -4.29. The summed E-state index contributed by atoms with van der Waals surface area (Å²) in [5, 5.41) is 14.0. The Bertz CT molecular complexity index is 1840. The highest BCUT2D eigenvalue weighted by atomic mass is 16.7. The van der Waals surface area contributed by atoms with E-state index in [-0.39, 0.29) is 46.6 Å². The van der Waals surface area contributed by atoms with Crippen molar-refractivity contribution in [3.8, 4) is 0 Å². The fourth-order valence-corrected chi connectivity index (χ4v) is 5.55. The average molecular weight is 683 g/mol. The first-order valence-electron chi connectivity index (χ1n) is 15.7. The molecule has 4 aromatic rings. The van der Waals surface area contributed by atoms with E-state index in [1.807, 2.05) is 0 Å². The maximum atomic E-state index is 13.6. The van der Waals surface area contributed by atoms with E-state index in [0.717, 1.165) is 6.26 Å². The van der Waals surface area contributed by atoms with Crippen LogP contribution in [0.5, 0.6) is 0 Å². The Morgan fingerprint density at radius 2 is 1.32 bits per heavy atom. The lowest BCUT2D eigenvalue weighted by Gasteiger charge is -2.25. The van der Waals surface area contributed by atoms with Gasteiger partial charge in [-0.05, 0) is 49.7 Å². The van der Waals surface area contributed by atoms with Gasteiger partial charge in [0.1, 0.15) is 18.8 Å². The molecule has 0 radical (unpaired) electrons. The van der Waals surface area contributed by atoms with Crippen molar-refractivity contribution in [1.82, 2.24) is 9.78 Å². The van der Waals surface area contributed by atoms with Crippen molar-refractivity contribution in [1.29, 1.82) is 0 Å². The maximum absolute atomic E-state index is 13.6. The van der Waals surface area contributed by atoms with E-state index in [4.69, 9.17) is 23.7 Å². The number of carboxylic acid groups (broad SMARTS) is 1. The van der Waals surface area contributed by atoms with Crippen molar-refractivity contribution < 1.29 is 52.8 Å². The fraction of sp³-hybridized carbons (Fsp3) is 0.243. The number of carboxylic acids is 1. The van der Waals surface area contributed by atoms with Gasteiger partial charge in [0.05, 0.1) is 28.6 Å². The minimum absolute atomic E-state index is 0.155. The summed E-state index contributed by atoms with van der Waals surface area (Å²) in [6.07, 6.45) is -4.93. The van der Waals surface area contributed by atoms with Gasteiger partial charge in [-0.1, -0.05) is 61.2 Å². The first-order chi connectivity index (χ1) is 24.2. The van der Waals surface area contributed by atoms with E-state index in [2.05, 4.69) is 11.7 Å². The molecular formula is C37H34N2O11. The van der Waals surface area contributed by atoms with Crippen LogP contribution < -0.4 is 0 Å². The third kappa shape index (κ3) is 8.13. The van der Waals surface area contributed by atoms with Crippen molar-refractivity contribution >= 4 is 29.8 Å². The van der Waals surface area contributed by atoms with Crippen LogP contribution >= 0.6 is 0 Å². The molecule has 2 heterocycles. The van der Waals surface area contributed by atoms with Crippen LogP contribution in [0.1, 0.15) is 72.3 Å². The molecule has 1 fully saturated rings. The lowest BCUT2D eigenvalue weighted by molar-refractivity contribution is -0.137. The standard InChI is InChI=1S/C37H34N2O11/c1-3-39-30(26(20-21-28(40)41)29(38-39)37(45)46-4-2)32-33(50-36(44)25-18-12-7-13-19-25)31(49-35(43)24-16-10-6-11-17-24)27(48-32)22-47-34(42)23-14-8-5-9-15-23/h4-19,27,31-33H,2-3,20-22H2,1H3,(H,40,41)/t27-,31-,32+,33-/m1/s1. The number of esters is 4. The Morgan fingerprint density at radius 1 is 0.800 bits per heavy atom. The van der Waals surface area contributed by atoms with Crippen LogP contribution in [-0.4, -0.2) is 69.7 Å². The van der Waals surface area contributed by atoms with Gasteiger partial charge in [-0.15, -0.1) is 0 Å². The molecule has 0 amide bonds. The fourth-order valence-electron chi connectivity index (χ4n) is 5.55. The lowest BCUT2D eigenvalue weighted by atomic mass is 9.98. The summed E-state index contributed by atoms with van der Waals surface area (Å²) in [7, 11) is 0. The van der Waals surface area contributed by atoms with Gasteiger partial charge in [0, 0.05) is 18.5 Å². The zero-order valence-electron chi connectivity index (χ0n) is 27.0. The number of rotatable bonds is 14. The Balaban J connectivity index is 1.61. The van der Waals surface area contributed by atoms with Crippen molar-refractivity contribution in [2.45, 2.75) is 50.7 Å². The maximum Gasteiger partial charge on any atom is 0.363 e. The zero-order valence-corrected chi connectivity index (χ0v) is 27.0. The number of carbonyl (C=O) groups is 5. The van der Waals surface area contributed by atoms with Crippen LogP contribution in [0.15, 0.2) is 104 Å². The van der Waals surface area contributed by atoms with Crippen LogP contribution in [-0.2, 0) is 41.4 Å². The lowest BCUT2D eigenvalue weighted by Crippen LogP contribution is -2.41. The molecule has 13 heteroatoms. The summed E-state index contributed by atoms with van der Waals surface area (Å²) in [5.41, 5.74) is 0.784. The molecule has 4 atom stereocenters. The van der Waals surface area contributed by atoms with E-state index >= 15 is 0 Å². The molecule has 5 rings (SSSR count). The van der Waals surface area contributed by atoms with Gasteiger partial charge in [0.2, 0.25) is 0 Å². The van der Waals surface area contributed by atoms with E-state index in [1.54, 1.807) is 85.8 Å². The molecule has 0 saturated carbocycles. The second-order valence-corrected chi connectivity index (χ2v) is 11.0. The van der Waals surface area contributed by atoms with Gasteiger partial charge in [-0.3, -0.25) is 9.48 Å². The molecule has 0 unspecified atom stereocenters. The monoisotopic (exact) mass is 682 g/mol. The summed E-state index contributed by atoms with van der Waals surface area (Å²) < 4.78 is 30.5. The summed E-state index contributed by atoms with van der Waals surface area (Å²) >= 11 is 0. The molecule has 1 N–H and O–H groups in total. The molecule has 13 nitrogen and oxygen atoms in total. The van der Waals surface area contributed by atoms with Gasteiger partial charge in [0.15, 0.2) is 17.9 Å².